The topological polar surface area (TPSA) is 26.3 Å². The number of hydrogen-bond acceptors (Lipinski definition) is 2. The zero-order chi connectivity index (χ0) is 23.7. The Balaban J connectivity index is 2.38. The molecule has 2 aromatic rings. The van der Waals surface area contributed by atoms with E-state index in [1.54, 1.807) is 0 Å². The zero-order valence-corrected chi connectivity index (χ0v) is 21.9. The Morgan fingerprint density at radius 1 is 1.06 bits per heavy atom. The van der Waals surface area contributed by atoms with Crippen LogP contribution in [0.25, 0.3) is 0 Å². The number of methoxy groups -OCH3 is 1. The number of hydrogen-bond donors (Lipinski definition) is 0. The summed E-state index contributed by atoms with van der Waals surface area (Å²) >= 11 is 3.66. The highest BCUT2D eigenvalue weighted by Crippen LogP contribution is 2.37. The Morgan fingerprint density at radius 2 is 1.75 bits per heavy atom. The summed E-state index contributed by atoms with van der Waals surface area (Å²) in [6.07, 6.45) is 7.88. The summed E-state index contributed by atoms with van der Waals surface area (Å²) in [5.74, 6) is 0.953. The summed E-state index contributed by atoms with van der Waals surface area (Å²) in [6.45, 7) is 11.2. The van der Waals surface area contributed by atoms with Crippen molar-refractivity contribution < 1.29 is 9.53 Å². The van der Waals surface area contributed by atoms with Crippen molar-refractivity contribution in [1.82, 2.24) is 0 Å². The maximum atomic E-state index is 11.8. The van der Waals surface area contributed by atoms with Gasteiger partial charge in [-0.3, -0.25) is 0 Å². The Hall–Kier alpha value is -2.13. The molecule has 0 heterocycles. The molecule has 0 aliphatic rings. The number of carbonyl (C=O) groups excluding carboxylic acids is 1. The molecule has 0 spiro atoms. The van der Waals surface area contributed by atoms with Crippen molar-refractivity contribution in [2.24, 2.45) is 11.8 Å². The Morgan fingerprint density at radius 3 is 2.31 bits per heavy atom. The van der Waals surface area contributed by atoms with Gasteiger partial charge in [0.15, 0.2) is 0 Å². The van der Waals surface area contributed by atoms with Crippen molar-refractivity contribution >= 4 is 21.9 Å². The van der Waals surface area contributed by atoms with Gasteiger partial charge in [-0.1, -0.05) is 77.3 Å². The van der Waals surface area contributed by atoms with Gasteiger partial charge in [0.25, 0.3) is 0 Å². The van der Waals surface area contributed by atoms with Crippen LogP contribution in [0.15, 0.2) is 76.3 Å². The first-order chi connectivity index (χ1) is 15.2. The van der Waals surface area contributed by atoms with Crippen molar-refractivity contribution in [2.45, 2.75) is 59.8 Å². The lowest BCUT2D eigenvalue weighted by Gasteiger charge is -2.30. The summed E-state index contributed by atoms with van der Waals surface area (Å²) in [5.41, 5.74) is 5.98. The summed E-state index contributed by atoms with van der Waals surface area (Å²) < 4.78 is 5.96. The number of benzene rings is 2. The van der Waals surface area contributed by atoms with E-state index in [-0.39, 0.29) is 5.97 Å². The van der Waals surface area contributed by atoms with Crippen LogP contribution in [0.5, 0.6) is 0 Å². The Labute approximate surface area is 202 Å². The lowest BCUT2D eigenvalue weighted by molar-refractivity contribution is 0.0600. The largest absolute Gasteiger partial charge is 0.465 e. The fraction of sp³-hybridized carbons (Fsp3) is 0.414. The molecule has 0 radical (unpaired) electrons. The number of allylic oxidation sites excluding steroid dienone is 4. The van der Waals surface area contributed by atoms with Crippen LogP contribution in [-0.2, 0) is 11.2 Å². The third-order valence-corrected chi connectivity index (χ3v) is 6.34. The summed E-state index contributed by atoms with van der Waals surface area (Å²) in [7, 11) is 1.42. The molecule has 0 aliphatic heterocycles. The third-order valence-electron chi connectivity index (χ3n) is 5.85. The molecule has 0 amide bonds. The standard InChI is InChI=1S/C29H37BrO2/c1-20(2)9-7-10-22(5)17-26(18-23-13-15-24(16-14-23)29(31)32-6)28(21(3)4)25-11-8-12-27(30)19-25/h8-9,11-17,19,21,26,28H,7,10,18H2,1-6H3/b22-17+. The summed E-state index contributed by atoms with van der Waals surface area (Å²) in [6, 6.07) is 16.6. The van der Waals surface area contributed by atoms with E-state index in [2.05, 4.69) is 99.1 Å². The van der Waals surface area contributed by atoms with E-state index in [0.29, 0.717) is 23.3 Å². The summed E-state index contributed by atoms with van der Waals surface area (Å²) in [4.78, 5) is 11.8. The monoisotopic (exact) mass is 496 g/mol. The Kier molecular flexibility index (Phi) is 10.4. The van der Waals surface area contributed by atoms with E-state index in [1.165, 1.54) is 29.4 Å². The van der Waals surface area contributed by atoms with Gasteiger partial charge in [-0.2, -0.15) is 0 Å². The molecule has 2 unspecified atom stereocenters. The minimum Gasteiger partial charge on any atom is -0.465 e. The lowest BCUT2D eigenvalue weighted by Crippen LogP contribution is -2.19. The van der Waals surface area contributed by atoms with Crippen molar-refractivity contribution in [1.29, 1.82) is 0 Å². The maximum absolute atomic E-state index is 11.8. The van der Waals surface area contributed by atoms with Crippen LogP contribution in [-0.4, -0.2) is 13.1 Å². The number of ether oxygens (including phenoxy) is 1. The molecular formula is C29H37BrO2. The first-order valence-corrected chi connectivity index (χ1v) is 12.2. The average Bonchev–Trinajstić information content (AvgIpc) is 2.73. The van der Waals surface area contributed by atoms with Gasteiger partial charge in [0.2, 0.25) is 0 Å². The first kappa shape index (κ1) is 26.1. The van der Waals surface area contributed by atoms with Gasteiger partial charge in [0.1, 0.15) is 0 Å². The van der Waals surface area contributed by atoms with E-state index in [9.17, 15) is 4.79 Å². The second kappa shape index (κ2) is 12.8. The maximum Gasteiger partial charge on any atom is 0.337 e. The molecular weight excluding hydrogens is 460 g/mol. The van der Waals surface area contributed by atoms with Crippen LogP contribution in [0.3, 0.4) is 0 Å². The van der Waals surface area contributed by atoms with E-state index >= 15 is 0 Å². The highest BCUT2D eigenvalue weighted by molar-refractivity contribution is 9.10. The van der Waals surface area contributed by atoms with Crippen molar-refractivity contribution in [3.8, 4) is 0 Å². The second-order valence-corrected chi connectivity index (χ2v) is 10.1. The van der Waals surface area contributed by atoms with Gasteiger partial charge in [0, 0.05) is 4.47 Å². The molecule has 2 aromatic carbocycles. The van der Waals surface area contributed by atoms with Crippen LogP contribution >= 0.6 is 15.9 Å². The molecule has 172 valence electrons. The molecule has 2 rings (SSSR count). The molecule has 32 heavy (non-hydrogen) atoms. The molecule has 0 N–H and O–H groups in total. The van der Waals surface area contributed by atoms with Gasteiger partial charge >= 0.3 is 5.97 Å². The van der Waals surface area contributed by atoms with Gasteiger partial charge in [-0.15, -0.1) is 0 Å². The molecule has 0 saturated heterocycles. The molecule has 0 fully saturated rings. The van der Waals surface area contributed by atoms with Gasteiger partial charge in [0.05, 0.1) is 12.7 Å². The lowest BCUT2D eigenvalue weighted by atomic mass is 9.75. The predicted molar refractivity (Wildman–Crippen MR) is 139 cm³/mol. The van der Waals surface area contributed by atoms with E-state index in [0.717, 1.165) is 23.7 Å². The summed E-state index contributed by atoms with van der Waals surface area (Å²) in [5, 5.41) is 0. The zero-order valence-electron chi connectivity index (χ0n) is 20.3. The number of carbonyl (C=O) groups is 1. The molecule has 2 atom stereocenters. The smallest absolute Gasteiger partial charge is 0.337 e. The van der Waals surface area contributed by atoms with Crippen LogP contribution in [0.4, 0.5) is 0 Å². The highest BCUT2D eigenvalue weighted by Gasteiger charge is 2.25. The van der Waals surface area contributed by atoms with Crippen LogP contribution < -0.4 is 0 Å². The second-order valence-electron chi connectivity index (χ2n) is 9.21. The van der Waals surface area contributed by atoms with Crippen LogP contribution in [0.2, 0.25) is 0 Å². The minimum absolute atomic E-state index is 0.294. The number of esters is 1. The van der Waals surface area contributed by atoms with E-state index in [1.807, 2.05) is 12.1 Å². The van der Waals surface area contributed by atoms with Gasteiger partial charge < -0.3 is 4.74 Å². The molecule has 3 heteroatoms. The molecule has 2 nitrogen and oxygen atoms in total. The SMILES string of the molecule is COC(=O)c1ccc(CC(/C=C(\C)CCC=C(C)C)C(c2cccc(Br)c2)C(C)C)cc1. The number of rotatable bonds is 10. The molecule has 0 saturated carbocycles. The molecule has 0 bridgehead atoms. The van der Waals surface area contributed by atoms with E-state index in [4.69, 9.17) is 4.74 Å². The highest BCUT2D eigenvalue weighted by atomic mass is 79.9. The normalized spacial score (nSPS) is 13.6. The Bertz CT molecular complexity index is 934. The van der Waals surface area contributed by atoms with Crippen LogP contribution in [0.1, 0.15) is 74.9 Å². The molecule has 0 aliphatic carbocycles. The predicted octanol–water partition coefficient (Wildman–Crippen LogP) is 8.53. The fourth-order valence-electron chi connectivity index (χ4n) is 4.33. The molecule has 0 aromatic heterocycles. The average molecular weight is 498 g/mol. The number of halogens is 1. The minimum atomic E-state index is -0.294. The van der Waals surface area contributed by atoms with Crippen molar-refractivity contribution in [3.63, 3.8) is 0 Å². The first-order valence-electron chi connectivity index (χ1n) is 11.4. The van der Waals surface area contributed by atoms with Gasteiger partial charge in [-0.05, 0) is 93.2 Å². The van der Waals surface area contributed by atoms with Crippen molar-refractivity contribution in [3.05, 3.63) is 93.0 Å². The van der Waals surface area contributed by atoms with E-state index < -0.39 is 0 Å². The fourth-order valence-corrected chi connectivity index (χ4v) is 4.75. The van der Waals surface area contributed by atoms with Crippen molar-refractivity contribution in [2.75, 3.05) is 7.11 Å². The van der Waals surface area contributed by atoms with Crippen LogP contribution in [0, 0.1) is 11.8 Å². The third kappa shape index (κ3) is 8.09. The van der Waals surface area contributed by atoms with Gasteiger partial charge in [-0.25, -0.2) is 4.79 Å². The quantitative estimate of drug-likeness (QED) is 0.243.